The summed E-state index contributed by atoms with van der Waals surface area (Å²) in [5.41, 5.74) is 2.70. The van der Waals surface area contributed by atoms with Gasteiger partial charge in [0.2, 0.25) is 5.95 Å². The molecule has 0 unspecified atom stereocenters. The number of anilines is 3. The minimum absolute atomic E-state index is 0. The van der Waals surface area contributed by atoms with Gasteiger partial charge >= 0.3 is 0 Å². The van der Waals surface area contributed by atoms with E-state index >= 15 is 0 Å². The highest BCUT2D eigenvalue weighted by Gasteiger charge is 2.18. The summed E-state index contributed by atoms with van der Waals surface area (Å²) in [5.74, 6) is 3.55. The van der Waals surface area contributed by atoms with Crippen LogP contribution in [0, 0.1) is 6.92 Å². The molecule has 2 aromatic carbocycles. The van der Waals surface area contributed by atoms with E-state index < -0.39 is 0 Å². The molecule has 5 rings (SSSR count). The molecule has 0 amide bonds. The van der Waals surface area contributed by atoms with E-state index in [1.165, 1.54) is 6.26 Å². The Kier molecular flexibility index (Phi) is 7.47. The number of fused-ring (bicyclic) bond motifs is 1. The largest absolute Gasteiger partial charge is 0.494 e. The number of para-hydroxylation sites is 1. The van der Waals surface area contributed by atoms with Gasteiger partial charge in [0.15, 0.2) is 11.6 Å². The maximum absolute atomic E-state index is 5.58. The zero-order valence-electron chi connectivity index (χ0n) is 20.0. The Hall–Kier alpha value is -4.53. The van der Waals surface area contributed by atoms with Gasteiger partial charge in [0.25, 0.3) is 0 Å². The summed E-state index contributed by atoms with van der Waals surface area (Å²) in [7, 11) is 3.64. The highest BCUT2D eigenvalue weighted by molar-refractivity contribution is 5.64. The lowest BCUT2D eigenvalue weighted by Crippen LogP contribution is -2.30. The number of imidazole rings is 1. The molecule has 0 radical (unpaired) electrons. The number of ether oxygens (including phenoxy) is 3. The molecule has 0 spiro atoms. The molecular formula is C26H30N6O3. The third kappa shape index (κ3) is 5.89. The predicted octanol–water partition coefficient (Wildman–Crippen LogP) is 5.01. The summed E-state index contributed by atoms with van der Waals surface area (Å²) in [5, 5.41) is 3.22. The number of aryl methyl sites for hydroxylation is 1. The molecule has 35 heavy (non-hydrogen) atoms. The molecule has 9 heteroatoms. The first-order chi connectivity index (χ1) is 17.1. The molecule has 0 aliphatic carbocycles. The van der Waals surface area contributed by atoms with Crippen molar-refractivity contribution >= 4 is 17.5 Å². The molecule has 2 aromatic heterocycles. The van der Waals surface area contributed by atoms with Crippen molar-refractivity contribution < 1.29 is 15.6 Å². The number of benzene rings is 2. The monoisotopic (exact) mass is 474 g/mol. The molecule has 0 saturated carbocycles. The van der Waals surface area contributed by atoms with Crippen LogP contribution in [-0.2, 0) is 0 Å². The van der Waals surface area contributed by atoms with Crippen LogP contribution >= 0.6 is 0 Å². The fraction of sp³-hybridized carbons (Fsp3) is 0.192. The van der Waals surface area contributed by atoms with Crippen LogP contribution in [0.1, 0.15) is 7.12 Å². The molecule has 3 heterocycles. The first-order valence-corrected chi connectivity index (χ1v) is 11.1. The van der Waals surface area contributed by atoms with Gasteiger partial charge in [0.1, 0.15) is 18.1 Å². The number of nitrogens with zero attached hydrogens (tertiary/aromatic N) is 5. The van der Waals surface area contributed by atoms with E-state index in [4.69, 9.17) is 14.2 Å². The first-order valence-electron chi connectivity index (χ1n) is 11.1. The van der Waals surface area contributed by atoms with Crippen LogP contribution in [0.5, 0.6) is 17.2 Å². The van der Waals surface area contributed by atoms with Gasteiger partial charge in [-0.3, -0.25) is 0 Å². The number of nitrogens with one attached hydrogen (secondary N) is 1. The lowest BCUT2D eigenvalue weighted by atomic mass is 10.2. The second-order valence-electron chi connectivity index (χ2n) is 7.68. The Bertz CT molecular complexity index is 1280. The van der Waals surface area contributed by atoms with Crippen molar-refractivity contribution in [3.63, 3.8) is 0 Å². The molecule has 0 saturated heterocycles. The Balaban J connectivity index is 0.000000307. The van der Waals surface area contributed by atoms with Crippen molar-refractivity contribution in [3.8, 4) is 22.9 Å². The van der Waals surface area contributed by atoms with Gasteiger partial charge in [0, 0.05) is 26.4 Å². The molecule has 1 aliphatic heterocycles. The minimum Gasteiger partial charge on any atom is -0.494 e. The van der Waals surface area contributed by atoms with Crippen LogP contribution in [0.15, 0.2) is 80.1 Å². The molecule has 1 aliphatic rings. The van der Waals surface area contributed by atoms with E-state index in [1.807, 2.05) is 73.3 Å². The Morgan fingerprint density at radius 2 is 2.00 bits per heavy atom. The van der Waals surface area contributed by atoms with E-state index in [1.54, 1.807) is 19.6 Å². The average Bonchev–Trinajstić information content (AvgIpc) is 3.32. The summed E-state index contributed by atoms with van der Waals surface area (Å²) >= 11 is 0. The summed E-state index contributed by atoms with van der Waals surface area (Å²) in [6, 6.07) is 15.4. The quantitative estimate of drug-likeness (QED) is 0.391. The van der Waals surface area contributed by atoms with Gasteiger partial charge < -0.3 is 29.0 Å². The van der Waals surface area contributed by atoms with Crippen molar-refractivity contribution in [2.24, 2.45) is 0 Å². The number of hydrogen-bond donors (Lipinski definition) is 1. The molecule has 9 nitrogen and oxygen atoms in total. The highest BCUT2D eigenvalue weighted by Crippen LogP contribution is 2.31. The van der Waals surface area contributed by atoms with Crippen LogP contribution in [0.2, 0.25) is 0 Å². The SMILES string of the molecule is C=COc1ccccc1.COc1cc(Nc2ncc3c(n2)N(C)CCO3)ccc1-n1cnc(C)c1.[HH]. The molecule has 1 N–H and O–H groups in total. The third-order valence-corrected chi connectivity index (χ3v) is 5.17. The summed E-state index contributed by atoms with van der Waals surface area (Å²) in [4.78, 5) is 15.2. The Morgan fingerprint density at radius 1 is 1.17 bits per heavy atom. The van der Waals surface area contributed by atoms with E-state index in [0.717, 1.165) is 40.9 Å². The lowest BCUT2D eigenvalue weighted by molar-refractivity contribution is 0.307. The van der Waals surface area contributed by atoms with Crippen molar-refractivity contribution in [2.45, 2.75) is 6.92 Å². The van der Waals surface area contributed by atoms with Crippen molar-refractivity contribution in [3.05, 3.63) is 85.8 Å². The Labute approximate surface area is 206 Å². The fourth-order valence-electron chi connectivity index (χ4n) is 3.44. The third-order valence-electron chi connectivity index (χ3n) is 5.17. The number of likely N-dealkylation sites (N-methyl/N-ethyl adjacent to an activating group) is 1. The van der Waals surface area contributed by atoms with E-state index in [9.17, 15) is 0 Å². The fourth-order valence-corrected chi connectivity index (χ4v) is 3.44. The molecule has 0 fully saturated rings. The molecule has 0 atom stereocenters. The van der Waals surface area contributed by atoms with Crippen molar-refractivity contribution in [1.29, 1.82) is 0 Å². The van der Waals surface area contributed by atoms with Gasteiger partial charge in [-0.05, 0) is 31.2 Å². The maximum atomic E-state index is 5.58. The van der Waals surface area contributed by atoms with Gasteiger partial charge in [-0.25, -0.2) is 9.97 Å². The van der Waals surface area contributed by atoms with Gasteiger partial charge in [-0.1, -0.05) is 24.8 Å². The summed E-state index contributed by atoms with van der Waals surface area (Å²) in [6.07, 6.45) is 6.83. The number of aromatic nitrogens is 4. The standard InChI is InChI=1S/C18H20N6O2.C8H8O.H2/c1-12-10-24(11-20-12)14-5-4-13(8-15(14)25-3)21-18-19-9-16-17(22-18)23(2)6-7-26-16;1-2-9-8-6-4-3-5-7-8;/h4-5,8-11H,6-7H2,1-3H3,(H,19,21,22);2-7H,1H2;1H. The van der Waals surface area contributed by atoms with Gasteiger partial charge in [0.05, 0.1) is 43.8 Å². The normalized spacial score (nSPS) is 11.9. The Morgan fingerprint density at radius 3 is 2.71 bits per heavy atom. The van der Waals surface area contributed by atoms with Gasteiger partial charge in [-0.15, -0.1) is 0 Å². The number of rotatable bonds is 6. The van der Waals surface area contributed by atoms with Crippen molar-refractivity contribution in [1.82, 2.24) is 19.5 Å². The molecule has 0 bridgehead atoms. The molecular weight excluding hydrogens is 444 g/mol. The van der Waals surface area contributed by atoms with Crippen LogP contribution in [0.3, 0.4) is 0 Å². The minimum atomic E-state index is 0. The first kappa shape index (κ1) is 23.6. The van der Waals surface area contributed by atoms with Gasteiger partial charge in [-0.2, -0.15) is 4.98 Å². The van der Waals surface area contributed by atoms with E-state index in [2.05, 4.69) is 31.7 Å². The van der Waals surface area contributed by atoms with Crippen LogP contribution < -0.4 is 24.4 Å². The smallest absolute Gasteiger partial charge is 0.229 e. The number of hydrogen-bond acceptors (Lipinski definition) is 8. The predicted molar refractivity (Wildman–Crippen MR) is 138 cm³/mol. The second-order valence-corrected chi connectivity index (χ2v) is 7.68. The maximum Gasteiger partial charge on any atom is 0.229 e. The average molecular weight is 475 g/mol. The zero-order chi connectivity index (χ0) is 24.6. The highest BCUT2D eigenvalue weighted by atomic mass is 16.5. The summed E-state index contributed by atoms with van der Waals surface area (Å²) in [6.45, 7) is 6.83. The molecule has 182 valence electrons. The summed E-state index contributed by atoms with van der Waals surface area (Å²) < 4.78 is 18.0. The van der Waals surface area contributed by atoms with E-state index in [0.29, 0.717) is 18.3 Å². The number of methoxy groups -OCH3 is 1. The zero-order valence-corrected chi connectivity index (χ0v) is 20.0. The molecule has 4 aromatic rings. The van der Waals surface area contributed by atoms with Crippen LogP contribution in [0.4, 0.5) is 17.5 Å². The van der Waals surface area contributed by atoms with E-state index in [-0.39, 0.29) is 1.43 Å². The topological polar surface area (TPSA) is 86.6 Å². The van der Waals surface area contributed by atoms with Crippen LogP contribution in [-0.4, -0.2) is 46.8 Å². The van der Waals surface area contributed by atoms with Crippen LogP contribution in [0.25, 0.3) is 5.69 Å². The van der Waals surface area contributed by atoms with Crippen molar-refractivity contribution in [2.75, 3.05) is 37.5 Å². The second kappa shape index (κ2) is 11.1. The lowest BCUT2D eigenvalue weighted by Gasteiger charge is -2.26.